The number of ether oxygens (including phenoxy) is 16. The van der Waals surface area contributed by atoms with Crippen LogP contribution < -0.4 is 51.1 Å². The van der Waals surface area contributed by atoms with Crippen LogP contribution in [0.2, 0.25) is 0 Å². The first kappa shape index (κ1) is 112. The van der Waals surface area contributed by atoms with E-state index in [-0.39, 0.29) is 123 Å². The number of aryl methyl sites for hydroxylation is 3. The maximum absolute atomic E-state index is 15.5. The average Bonchev–Trinajstić information content (AvgIpc) is 1.29. The van der Waals surface area contributed by atoms with Gasteiger partial charge in [0.15, 0.2) is 60.3 Å². The number of hydrogen-bond donors (Lipinski definition) is 13. The molecule has 0 saturated carbocycles. The van der Waals surface area contributed by atoms with Crippen LogP contribution in [0.3, 0.4) is 0 Å². The van der Waals surface area contributed by atoms with E-state index in [0.717, 1.165) is 24.9 Å². The van der Waals surface area contributed by atoms with Gasteiger partial charge < -0.3 is 163 Å². The van der Waals surface area contributed by atoms with Gasteiger partial charge in [0.2, 0.25) is 0 Å². The molecule has 0 bridgehead atoms. The van der Waals surface area contributed by atoms with Crippen molar-refractivity contribution in [3.8, 4) is 0 Å². The van der Waals surface area contributed by atoms with Gasteiger partial charge in [-0.3, -0.25) is 54.9 Å². The Balaban J connectivity index is 0.752. The second-order valence-electron chi connectivity index (χ2n) is 33.3. The minimum absolute atomic E-state index is 0.00253. The zero-order valence-electron chi connectivity index (χ0n) is 78.7. The fourth-order valence-corrected chi connectivity index (χ4v) is 22.7. The first-order chi connectivity index (χ1) is 68.5. The number of nitrogens with zero attached hydrogens (tertiary/aromatic N) is 15. The maximum Gasteiger partial charge on any atom is 0.472 e. The number of amides is 2. The second kappa shape index (κ2) is 48.9. The lowest BCUT2D eigenvalue weighted by Crippen LogP contribution is -2.54. The molecule has 7 aromatic heterocycles. The molecule has 60 nitrogen and oxygen atoms in total. The number of hydrogen-bond acceptors (Lipinski definition) is 51. The van der Waals surface area contributed by atoms with Gasteiger partial charge in [0, 0.05) is 83.5 Å². The fourth-order valence-electron chi connectivity index (χ4n) is 16.5. The molecule has 29 atom stereocenters. The standard InChI is InChI=1S/C76H114N21O39P5S3/c1-11-40-41(22-47(126-40)96-34-86-48-63(80)82-32-84-65(48)96)132-139(108,142)124-30-45-52(57(118-19-14-113-8)70(129-45)94-25-38(4)62(79)90-75(94)102)134-137(104,105)121-28-43-51(56(117-18-13-112-7)69(128-43)93-24-37(3)61(78)89-74(93)101)133-138(106,107)122-29-44-53(59(120-21-16-115-10)72(131-44)97-35-87-49-64(81)83-33-85-66(49)97)135-141(110,144)125-31-46-54(58(119-20-15-114-9)71(130-46)95-26-39(5)67(99)91-76(95)103)136-140(109,143)123-27-42-50(98)55(116-17-12-111-6)68(127-42)92-23-36(2)60(77)88-73(92)100/h23-26,32-35,40-47,50-59,67-72,98-99H,11-22,27-31H2,1-10H3,(H,91,103)(H,104,105)(H,106,107)(H,108,142)(H,109,143)(H,110,144)(H2,77,88,100)(H2,78,89,101)(H2,79,90,102)(H2,80,82,84)(H2,81,83,85)/t40-,41?,42-,43-,44-,45-,46-,47-,50?,51?,52?,53?,54?,55+,56+,57+,58+,59+,67?,68-,69-,70-,71-,72-,139?,140?,141?/m1/s1. The highest BCUT2D eigenvalue weighted by molar-refractivity contribution is 8.07. The van der Waals surface area contributed by atoms with E-state index in [1.807, 2.05) is 0 Å². The molecule has 800 valence electrons. The monoisotopic (exact) mass is 2200 g/mol. The predicted octanol–water partition coefficient (Wildman–Crippen LogP) is -1.09. The molecule has 7 aliphatic rings. The van der Waals surface area contributed by atoms with E-state index in [1.54, 1.807) is 18.4 Å². The summed E-state index contributed by atoms with van der Waals surface area (Å²) in [5.41, 5.74) is 29.2. The highest BCUT2D eigenvalue weighted by atomic mass is 32.5. The lowest BCUT2D eigenvalue weighted by molar-refractivity contribution is -0.0919. The van der Waals surface area contributed by atoms with E-state index in [9.17, 15) is 53.9 Å². The number of aliphatic hydroxyl groups is 2. The number of aromatic nitrogens is 14. The van der Waals surface area contributed by atoms with Crippen molar-refractivity contribution < 1.29 is 170 Å². The summed E-state index contributed by atoms with van der Waals surface area (Å²) in [6.45, 7) is -13.4. The van der Waals surface area contributed by atoms with Crippen molar-refractivity contribution >= 4 is 129 Å². The van der Waals surface area contributed by atoms with E-state index in [4.69, 9.17) is 185 Å². The third-order valence-electron chi connectivity index (χ3n) is 23.6. The molecule has 0 aromatic carbocycles. The Bertz CT molecular complexity index is 6100. The molecule has 0 aliphatic carbocycles. The van der Waals surface area contributed by atoms with Crippen molar-refractivity contribution in [2.45, 2.75) is 195 Å². The van der Waals surface area contributed by atoms with Crippen LogP contribution in [0.5, 0.6) is 0 Å². The number of nitrogens with two attached hydrogens (primary N) is 5. The minimum atomic E-state index is -5.91. The number of nitrogen functional groups attached to an aromatic ring is 5. The van der Waals surface area contributed by atoms with Gasteiger partial charge >= 0.3 is 58.9 Å². The summed E-state index contributed by atoms with van der Waals surface area (Å²) in [4.78, 5) is 155. The van der Waals surface area contributed by atoms with E-state index >= 15 is 9.13 Å². The number of aliphatic hydroxyl groups excluding tert-OH is 2. The summed E-state index contributed by atoms with van der Waals surface area (Å²) >= 11 is 17.2. The van der Waals surface area contributed by atoms with Crippen molar-refractivity contribution in [1.29, 1.82) is 0 Å². The van der Waals surface area contributed by atoms with Crippen LogP contribution in [0, 0.1) is 20.8 Å². The van der Waals surface area contributed by atoms with E-state index < -0.39 is 246 Å². The van der Waals surface area contributed by atoms with Crippen LogP contribution in [0.15, 0.2) is 70.1 Å². The number of anilines is 5. The number of imidazole rings is 2. The largest absolute Gasteiger partial charge is 0.472 e. The number of phosphoric acid groups is 2. The van der Waals surface area contributed by atoms with Crippen LogP contribution in [0.4, 0.5) is 33.9 Å². The number of urea groups is 1. The molecule has 12 unspecified atom stereocenters. The van der Waals surface area contributed by atoms with Crippen molar-refractivity contribution in [1.82, 2.24) is 77.9 Å². The zero-order chi connectivity index (χ0) is 104. The van der Waals surface area contributed by atoms with Crippen LogP contribution in [-0.4, -0.2) is 364 Å². The Morgan fingerprint density at radius 1 is 0.410 bits per heavy atom. The zero-order valence-corrected chi connectivity index (χ0v) is 85.7. The van der Waals surface area contributed by atoms with Gasteiger partial charge in [-0.2, -0.15) is 15.0 Å². The van der Waals surface area contributed by atoms with Gasteiger partial charge in [-0.1, -0.05) is 6.92 Å². The van der Waals surface area contributed by atoms with Crippen molar-refractivity contribution in [3.63, 3.8) is 0 Å². The lowest BCUT2D eigenvalue weighted by atomic mass is 10.1. The van der Waals surface area contributed by atoms with E-state index in [2.05, 4.69) is 50.2 Å². The highest BCUT2D eigenvalue weighted by Crippen LogP contribution is 2.58. The molecule has 144 heavy (non-hydrogen) atoms. The number of methoxy groups -OCH3 is 5. The summed E-state index contributed by atoms with van der Waals surface area (Å²) in [5.74, 6) is -0.477. The van der Waals surface area contributed by atoms with Gasteiger partial charge in [-0.25, -0.2) is 58.2 Å². The lowest BCUT2D eigenvalue weighted by Gasteiger charge is -2.35. The first-order valence-corrected chi connectivity index (χ1v) is 55.0. The Hall–Kier alpha value is -7.16. The van der Waals surface area contributed by atoms with Crippen LogP contribution in [0.25, 0.3) is 22.3 Å². The summed E-state index contributed by atoms with van der Waals surface area (Å²) in [5, 5.41) is 25.0. The van der Waals surface area contributed by atoms with Crippen molar-refractivity contribution in [2.24, 2.45) is 0 Å². The number of phosphoric ester groups is 2. The first-order valence-electron chi connectivity index (χ1n) is 44.3. The topological polar surface area (TPSA) is 770 Å². The average molecular weight is 2200 g/mol. The Labute approximate surface area is 834 Å². The van der Waals surface area contributed by atoms with Crippen LogP contribution in [0.1, 0.15) is 74.5 Å². The molecule has 6 fully saturated rings. The van der Waals surface area contributed by atoms with E-state index in [0.29, 0.717) is 23.1 Å². The SMILES string of the molecule is CC[C@H]1O[C@@H](n2cnc3c(N)ncnc32)CC1OP(O)(=S)OC[C@H]1O[C@@H](n2cc(C)c(N)nc2=O)[C@@H](OCCOC)C1OP(=O)(O)OC[C@H]1O[C@@H](n2cc(C)c(N)nc2=O)[C@@H](OCCOC)C1OP(=O)(O)OC[C@H]1O[C@@H](n2cnc3c(N)ncnc32)[C@@H](OCCOC)C1OP(O)(=S)OC[C@H]1O[C@@H](N2C=C(C)C(O)NC2=O)[C@@H](OCCOC)C1OP(O)(=S)OC[C@H]1O[C@@H](n2cc(C)c(N)nc2=O)[C@@H](OCCOC)C1O. The molecule has 7 aliphatic heterocycles. The second-order valence-corrected chi connectivity index (χ2v) is 44.5. The normalized spacial score (nSPS) is 30.4. The summed E-state index contributed by atoms with van der Waals surface area (Å²) in [6.07, 6.45) is -27.4. The van der Waals surface area contributed by atoms with Crippen molar-refractivity contribution in [2.75, 3.05) is 163 Å². The Morgan fingerprint density at radius 2 is 0.750 bits per heavy atom. The van der Waals surface area contributed by atoms with Gasteiger partial charge in [0.05, 0.1) is 124 Å². The number of carbonyl (C=O) groups excluding carboxylic acids is 1. The van der Waals surface area contributed by atoms with Crippen molar-refractivity contribution in [3.05, 3.63) is 104 Å². The Kier molecular flexibility index (Phi) is 38.2. The van der Waals surface area contributed by atoms with Crippen LogP contribution >= 0.6 is 35.8 Å². The molecule has 14 heterocycles. The molecule has 7 aromatic rings. The maximum atomic E-state index is 15.5. The minimum Gasteiger partial charge on any atom is -0.387 e. The van der Waals surface area contributed by atoms with Crippen LogP contribution in [-0.2, 0) is 166 Å². The Morgan fingerprint density at radius 3 is 1.16 bits per heavy atom. The van der Waals surface area contributed by atoms with E-state index in [1.165, 1.54) is 105 Å². The summed E-state index contributed by atoms with van der Waals surface area (Å²) in [7, 11) is -4.96. The summed E-state index contributed by atoms with van der Waals surface area (Å²) < 4.78 is 194. The van der Waals surface area contributed by atoms with Gasteiger partial charge in [0.25, 0.3) is 0 Å². The quantitative estimate of drug-likeness (QED) is 0.0159. The molecule has 0 radical (unpaired) electrons. The molecule has 6 saturated heterocycles. The number of fused-ring (bicyclic) bond motifs is 2. The summed E-state index contributed by atoms with van der Waals surface area (Å²) in [6, 6.07) is -0.953. The molecule has 2 amide bonds. The fraction of sp³-hybridized carbons (Fsp3) is 0.671. The molecule has 14 rings (SSSR count). The molecule has 18 N–H and O–H groups in total. The molecule has 68 heteroatoms. The predicted molar refractivity (Wildman–Crippen MR) is 503 cm³/mol. The number of rotatable bonds is 52. The van der Waals surface area contributed by atoms with Gasteiger partial charge in [-0.05, 0) is 75.1 Å². The number of carbonyl (C=O) groups is 1. The number of nitrogens with one attached hydrogen (secondary N) is 1. The smallest absolute Gasteiger partial charge is 0.387 e. The third-order valence-corrected chi connectivity index (χ3v) is 30.2. The highest BCUT2D eigenvalue weighted by Gasteiger charge is 2.59. The van der Waals surface area contributed by atoms with Gasteiger partial charge in [0.1, 0.15) is 139 Å². The van der Waals surface area contributed by atoms with Gasteiger partial charge in [-0.15, -0.1) is 0 Å². The molecular formula is C76H114N21O39P5S3. The molecular weight excluding hydrogens is 2080 g/mol. The third kappa shape index (κ3) is 26.7. The molecule has 0 spiro atoms.